The molecule has 3 heteroatoms. The second-order valence-corrected chi connectivity index (χ2v) is 1.70. The predicted octanol–water partition coefficient (Wildman–Crippen LogP) is 0.780. The maximum absolute atomic E-state index is 10.1. The van der Waals surface area contributed by atoms with E-state index in [1.54, 1.807) is 0 Å². The third kappa shape index (κ3) is 1.80. The molecule has 44 valence electrons. The lowest BCUT2D eigenvalue weighted by atomic mass is 10.3. The minimum atomic E-state index is -0.634. The fourth-order valence-corrected chi connectivity index (χ4v) is 0.227. The normalized spacial score (nSPS) is 8.12. The van der Waals surface area contributed by atoms with E-state index < -0.39 is 5.91 Å². The van der Waals surface area contributed by atoms with Crippen molar-refractivity contribution in [3.63, 3.8) is 0 Å². The maximum atomic E-state index is 10.1. The lowest BCUT2D eigenvalue weighted by Crippen LogP contribution is -2.12. The first-order valence-corrected chi connectivity index (χ1v) is 2.27. The van der Waals surface area contributed by atoms with E-state index in [4.69, 9.17) is 17.3 Å². The number of carbonyl (C=O) groups is 1. The minimum Gasteiger partial charge on any atom is -0.366 e. The van der Waals surface area contributed by atoms with Gasteiger partial charge >= 0.3 is 0 Å². The van der Waals surface area contributed by atoms with Gasteiger partial charge < -0.3 is 5.73 Å². The first-order chi connectivity index (χ1) is 3.55. The number of carbonyl (C=O) groups excluding carboxylic acids is 1. The molecular weight excluding hydrogens is 126 g/mol. The number of hydrogen-bond acceptors (Lipinski definition) is 1. The van der Waals surface area contributed by atoms with E-state index in [0.717, 1.165) is 0 Å². The molecule has 0 aliphatic heterocycles. The van der Waals surface area contributed by atoms with E-state index >= 15 is 0 Å². The summed E-state index contributed by atoms with van der Waals surface area (Å²) in [5, 5.41) is 0.0949. The third-order valence-corrected chi connectivity index (χ3v) is 0.853. The maximum Gasteiger partial charge on any atom is 0.249 e. The monoisotopic (exact) mass is 131 g/mol. The average Bonchev–Trinajstić information content (AvgIpc) is 1.64. The lowest BCUT2D eigenvalue weighted by molar-refractivity contribution is -0.114. The van der Waals surface area contributed by atoms with Crippen molar-refractivity contribution in [2.75, 3.05) is 0 Å². The highest BCUT2D eigenvalue weighted by Gasteiger charge is 2.00. The summed E-state index contributed by atoms with van der Waals surface area (Å²) in [5.74, 6) is -0.634. The first-order valence-electron chi connectivity index (χ1n) is 1.89. The standard InChI is InChI=1S/C5H6ClNO/c1-3(4(2)6)5(7)8/h1-2H2,(H2,7,8). The van der Waals surface area contributed by atoms with Crippen molar-refractivity contribution >= 4 is 17.5 Å². The molecule has 0 aliphatic rings. The summed E-state index contributed by atoms with van der Waals surface area (Å²) >= 11 is 5.23. The Balaban J connectivity index is 4.05. The Morgan fingerprint density at radius 2 is 1.88 bits per heavy atom. The van der Waals surface area contributed by atoms with E-state index in [9.17, 15) is 4.79 Å². The number of hydrogen-bond donors (Lipinski definition) is 1. The smallest absolute Gasteiger partial charge is 0.249 e. The molecule has 0 spiro atoms. The van der Waals surface area contributed by atoms with Crippen molar-refractivity contribution in [2.45, 2.75) is 0 Å². The summed E-state index contributed by atoms with van der Waals surface area (Å²) in [6, 6.07) is 0. The van der Waals surface area contributed by atoms with Crippen LogP contribution >= 0.6 is 11.6 Å². The molecule has 0 aromatic carbocycles. The van der Waals surface area contributed by atoms with E-state index in [-0.39, 0.29) is 10.6 Å². The zero-order chi connectivity index (χ0) is 6.73. The van der Waals surface area contributed by atoms with E-state index in [1.807, 2.05) is 0 Å². The Labute approximate surface area is 52.6 Å². The van der Waals surface area contributed by atoms with Crippen LogP contribution in [0.1, 0.15) is 0 Å². The van der Waals surface area contributed by atoms with E-state index in [1.165, 1.54) is 0 Å². The van der Waals surface area contributed by atoms with Gasteiger partial charge in [0.2, 0.25) is 5.91 Å². The predicted molar refractivity (Wildman–Crippen MR) is 33.3 cm³/mol. The molecule has 0 unspecified atom stereocenters. The van der Waals surface area contributed by atoms with Gasteiger partial charge in [-0.3, -0.25) is 4.79 Å². The molecule has 8 heavy (non-hydrogen) atoms. The number of primary amides is 1. The van der Waals surface area contributed by atoms with Gasteiger partial charge in [-0.2, -0.15) is 0 Å². The van der Waals surface area contributed by atoms with Crippen LogP contribution in [0.3, 0.4) is 0 Å². The Morgan fingerprint density at radius 3 is 1.88 bits per heavy atom. The molecule has 0 heterocycles. The molecule has 0 rings (SSSR count). The molecule has 0 atom stereocenters. The van der Waals surface area contributed by atoms with Gasteiger partial charge in [-0.05, 0) is 0 Å². The van der Waals surface area contributed by atoms with Gasteiger partial charge in [-0.25, -0.2) is 0 Å². The zero-order valence-electron chi connectivity index (χ0n) is 4.28. The fraction of sp³-hybridized carbons (Fsp3) is 0. The van der Waals surface area contributed by atoms with Gasteiger partial charge in [0, 0.05) is 10.6 Å². The van der Waals surface area contributed by atoms with Crippen LogP contribution in [0.2, 0.25) is 0 Å². The molecular formula is C5H6ClNO. The second kappa shape index (κ2) is 2.52. The molecule has 2 N–H and O–H groups in total. The van der Waals surface area contributed by atoms with Crippen molar-refractivity contribution in [1.82, 2.24) is 0 Å². The highest BCUT2D eigenvalue weighted by Crippen LogP contribution is 2.07. The number of halogens is 1. The number of rotatable bonds is 2. The van der Waals surface area contributed by atoms with Crippen molar-refractivity contribution in [2.24, 2.45) is 5.73 Å². The van der Waals surface area contributed by atoms with Gasteiger partial charge in [0.15, 0.2) is 0 Å². The Hall–Kier alpha value is -0.760. The molecule has 0 aromatic heterocycles. The molecule has 0 aliphatic carbocycles. The van der Waals surface area contributed by atoms with Crippen LogP contribution in [0.5, 0.6) is 0 Å². The minimum absolute atomic E-state index is 0.0617. The highest BCUT2D eigenvalue weighted by molar-refractivity contribution is 6.34. The van der Waals surface area contributed by atoms with Crippen LogP contribution in [0.15, 0.2) is 23.8 Å². The fourth-order valence-electron chi connectivity index (χ4n) is 0.134. The SMILES string of the molecule is C=C(Cl)C(=C)C(N)=O. The largest absolute Gasteiger partial charge is 0.366 e. The van der Waals surface area contributed by atoms with Crippen LogP contribution < -0.4 is 5.73 Å². The number of amides is 1. The summed E-state index contributed by atoms with van der Waals surface area (Å²) in [6.07, 6.45) is 0. The topological polar surface area (TPSA) is 43.1 Å². The van der Waals surface area contributed by atoms with Gasteiger partial charge in [0.25, 0.3) is 0 Å². The van der Waals surface area contributed by atoms with Crippen LogP contribution in [-0.2, 0) is 4.79 Å². The summed E-state index contributed by atoms with van der Waals surface area (Å²) in [6.45, 7) is 6.49. The molecule has 1 amide bonds. The van der Waals surface area contributed by atoms with Crippen LogP contribution in [0.25, 0.3) is 0 Å². The molecule has 0 radical (unpaired) electrons. The first kappa shape index (κ1) is 7.24. The zero-order valence-corrected chi connectivity index (χ0v) is 5.03. The average molecular weight is 132 g/mol. The van der Waals surface area contributed by atoms with Crippen LogP contribution in [0.4, 0.5) is 0 Å². The Morgan fingerprint density at radius 1 is 1.50 bits per heavy atom. The van der Waals surface area contributed by atoms with Gasteiger partial charge in [-0.15, -0.1) is 0 Å². The van der Waals surface area contributed by atoms with Gasteiger partial charge in [-0.1, -0.05) is 24.8 Å². The summed E-state index contributed by atoms with van der Waals surface area (Å²) in [4.78, 5) is 10.1. The lowest BCUT2D eigenvalue weighted by Gasteiger charge is -1.92. The number of nitrogens with two attached hydrogens (primary N) is 1. The van der Waals surface area contributed by atoms with Crippen LogP contribution in [-0.4, -0.2) is 5.91 Å². The molecule has 0 aromatic rings. The third-order valence-electron chi connectivity index (χ3n) is 0.625. The summed E-state index contributed by atoms with van der Waals surface area (Å²) < 4.78 is 0. The van der Waals surface area contributed by atoms with Crippen molar-refractivity contribution in [3.8, 4) is 0 Å². The summed E-state index contributed by atoms with van der Waals surface area (Å²) in [7, 11) is 0. The second-order valence-electron chi connectivity index (χ2n) is 1.25. The quantitative estimate of drug-likeness (QED) is 0.437. The van der Waals surface area contributed by atoms with Crippen molar-refractivity contribution in [1.29, 1.82) is 0 Å². The molecule has 0 saturated carbocycles. The van der Waals surface area contributed by atoms with Gasteiger partial charge in [0.1, 0.15) is 0 Å². The van der Waals surface area contributed by atoms with Crippen molar-refractivity contribution < 1.29 is 4.79 Å². The summed E-state index contributed by atoms with van der Waals surface area (Å²) in [5.41, 5.74) is 4.81. The molecule has 0 saturated heterocycles. The van der Waals surface area contributed by atoms with E-state index in [2.05, 4.69) is 13.2 Å². The molecule has 0 fully saturated rings. The Bertz CT molecular complexity index is 135. The van der Waals surface area contributed by atoms with Crippen LogP contribution in [0, 0.1) is 0 Å². The molecule has 2 nitrogen and oxygen atoms in total. The molecule has 0 bridgehead atoms. The van der Waals surface area contributed by atoms with Crippen molar-refractivity contribution in [3.05, 3.63) is 23.8 Å². The van der Waals surface area contributed by atoms with E-state index in [0.29, 0.717) is 0 Å². The highest BCUT2D eigenvalue weighted by atomic mass is 35.5. The van der Waals surface area contributed by atoms with Gasteiger partial charge in [0.05, 0.1) is 0 Å². The Kier molecular flexibility index (Phi) is 2.28.